The van der Waals surface area contributed by atoms with Crippen LogP contribution in [-0.2, 0) is 4.79 Å². The van der Waals surface area contributed by atoms with Crippen molar-refractivity contribution >= 4 is 34.6 Å². The highest BCUT2D eigenvalue weighted by atomic mass is 16.5. The van der Waals surface area contributed by atoms with Gasteiger partial charge in [0.25, 0.3) is 5.91 Å². The molecule has 0 bridgehead atoms. The molecule has 0 atom stereocenters. The van der Waals surface area contributed by atoms with E-state index in [1.165, 1.54) is 13.1 Å². The second-order valence-corrected chi connectivity index (χ2v) is 6.03. The van der Waals surface area contributed by atoms with Crippen LogP contribution in [0.15, 0.2) is 67.0 Å². The molecular formula is C21H20N4O3. The van der Waals surface area contributed by atoms with Crippen LogP contribution in [0.1, 0.15) is 17.3 Å². The minimum absolute atomic E-state index is 0.150. The third-order valence-corrected chi connectivity index (χ3v) is 3.82. The van der Waals surface area contributed by atoms with Gasteiger partial charge in [0.1, 0.15) is 5.75 Å². The van der Waals surface area contributed by atoms with Gasteiger partial charge in [-0.15, -0.1) is 0 Å². The van der Waals surface area contributed by atoms with Gasteiger partial charge in [-0.3, -0.25) is 14.6 Å². The van der Waals surface area contributed by atoms with Gasteiger partial charge in [-0.25, -0.2) is 0 Å². The predicted octanol–water partition coefficient (Wildman–Crippen LogP) is 4.04. The largest absolute Gasteiger partial charge is 0.497 e. The maximum atomic E-state index is 12.5. The number of rotatable bonds is 6. The Balaban J connectivity index is 1.68. The third kappa shape index (κ3) is 5.07. The summed E-state index contributed by atoms with van der Waals surface area (Å²) in [6.45, 7) is 1.44. The Morgan fingerprint density at radius 1 is 0.857 bits per heavy atom. The first-order valence-electron chi connectivity index (χ1n) is 8.58. The smallest absolute Gasteiger partial charge is 0.257 e. The molecule has 0 radical (unpaired) electrons. The fourth-order valence-corrected chi connectivity index (χ4v) is 2.54. The van der Waals surface area contributed by atoms with Gasteiger partial charge in [-0.2, -0.15) is 0 Å². The highest BCUT2D eigenvalue weighted by Gasteiger charge is 2.08. The first kappa shape index (κ1) is 18.9. The van der Waals surface area contributed by atoms with Gasteiger partial charge in [0.05, 0.1) is 24.6 Å². The molecule has 1 aromatic heterocycles. The average Bonchev–Trinajstić information content (AvgIpc) is 2.69. The lowest BCUT2D eigenvalue weighted by atomic mass is 10.2. The quantitative estimate of drug-likeness (QED) is 0.604. The summed E-state index contributed by atoms with van der Waals surface area (Å²) in [5, 5.41) is 8.69. The summed E-state index contributed by atoms with van der Waals surface area (Å²) in [6.07, 6.45) is 3.14. The number of hydrogen-bond donors (Lipinski definition) is 3. The molecule has 2 amide bonds. The monoisotopic (exact) mass is 376 g/mol. The molecule has 0 spiro atoms. The van der Waals surface area contributed by atoms with Crippen LogP contribution in [0.5, 0.6) is 5.75 Å². The molecule has 0 aliphatic heterocycles. The number of methoxy groups -OCH3 is 1. The van der Waals surface area contributed by atoms with E-state index >= 15 is 0 Å². The Labute approximate surface area is 162 Å². The summed E-state index contributed by atoms with van der Waals surface area (Å²) in [5.74, 6) is 0.298. The van der Waals surface area contributed by atoms with E-state index in [0.29, 0.717) is 22.6 Å². The Morgan fingerprint density at radius 2 is 1.57 bits per heavy atom. The molecule has 3 N–H and O–H groups in total. The van der Waals surface area contributed by atoms with E-state index in [0.717, 1.165) is 11.4 Å². The van der Waals surface area contributed by atoms with Crippen molar-refractivity contribution in [2.75, 3.05) is 23.1 Å². The highest BCUT2D eigenvalue weighted by Crippen LogP contribution is 2.22. The van der Waals surface area contributed by atoms with Crippen LogP contribution in [0, 0.1) is 0 Å². The van der Waals surface area contributed by atoms with Crippen LogP contribution >= 0.6 is 0 Å². The molecule has 142 valence electrons. The summed E-state index contributed by atoms with van der Waals surface area (Å²) in [4.78, 5) is 27.7. The van der Waals surface area contributed by atoms with Crippen molar-refractivity contribution in [3.8, 4) is 5.75 Å². The molecule has 2 aromatic carbocycles. The molecule has 0 saturated heterocycles. The molecular weight excluding hydrogens is 356 g/mol. The first-order valence-corrected chi connectivity index (χ1v) is 8.58. The summed E-state index contributed by atoms with van der Waals surface area (Å²) in [6, 6.07) is 16.1. The van der Waals surface area contributed by atoms with Crippen molar-refractivity contribution in [3.63, 3.8) is 0 Å². The molecule has 3 aromatic rings. The Morgan fingerprint density at radius 3 is 2.25 bits per heavy atom. The molecule has 0 aliphatic carbocycles. The normalized spacial score (nSPS) is 10.1. The number of ether oxygens (including phenoxy) is 1. The lowest BCUT2D eigenvalue weighted by Gasteiger charge is -2.10. The van der Waals surface area contributed by atoms with E-state index in [2.05, 4.69) is 20.9 Å². The van der Waals surface area contributed by atoms with Crippen molar-refractivity contribution in [1.82, 2.24) is 4.98 Å². The summed E-state index contributed by atoms with van der Waals surface area (Å²) >= 11 is 0. The maximum absolute atomic E-state index is 12.5. The number of nitrogens with zero attached hydrogens (tertiary/aromatic N) is 1. The minimum atomic E-state index is -0.283. The van der Waals surface area contributed by atoms with Gasteiger partial charge in [-0.1, -0.05) is 6.07 Å². The second kappa shape index (κ2) is 8.68. The number of anilines is 4. The molecule has 0 saturated carbocycles. The minimum Gasteiger partial charge on any atom is -0.497 e. The van der Waals surface area contributed by atoms with Crippen LogP contribution < -0.4 is 20.7 Å². The van der Waals surface area contributed by atoms with Gasteiger partial charge in [0.2, 0.25) is 5.91 Å². The fourth-order valence-electron chi connectivity index (χ4n) is 2.54. The van der Waals surface area contributed by atoms with Crippen molar-refractivity contribution in [1.29, 1.82) is 0 Å². The van der Waals surface area contributed by atoms with Crippen LogP contribution in [0.3, 0.4) is 0 Å². The zero-order valence-corrected chi connectivity index (χ0v) is 15.5. The standard InChI is InChI=1S/C21H20N4O3/c1-14(26)23-16-6-8-17(9-7-16)25-21(27)15-10-19(13-22-12-15)24-18-4-3-5-20(11-18)28-2/h3-13,24H,1-2H3,(H,23,26)(H,25,27). The maximum Gasteiger partial charge on any atom is 0.257 e. The third-order valence-electron chi connectivity index (χ3n) is 3.82. The van der Waals surface area contributed by atoms with E-state index in [4.69, 9.17) is 4.74 Å². The number of nitrogens with one attached hydrogen (secondary N) is 3. The number of carbonyl (C=O) groups is 2. The second-order valence-electron chi connectivity index (χ2n) is 6.03. The number of pyridine rings is 1. The molecule has 0 fully saturated rings. The van der Waals surface area contributed by atoms with Gasteiger partial charge in [0.15, 0.2) is 0 Å². The summed E-state index contributed by atoms with van der Waals surface area (Å²) in [7, 11) is 1.61. The Hall–Kier alpha value is -3.87. The lowest BCUT2D eigenvalue weighted by Crippen LogP contribution is -2.12. The number of aromatic nitrogens is 1. The number of amides is 2. The summed E-state index contributed by atoms with van der Waals surface area (Å²) in [5.41, 5.74) is 3.20. The zero-order valence-electron chi connectivity index (χ0n) is 15.5. The van der Waals surface area contributed by atoms with Crippen LogP contribution in [0.2, 0.25) is 0 Å². The Kier molecular flexibility index (Phi) is 5.86. The zero-order chi connectivity index (χ0) is 19.9. The number of hydrogen-bond acceptors (Lipinski definition) is 5. The van der Waals surface area contributed by atoms with E-state index < -0.39 is 0 Å². The van der Waals surface area contributed by atoms with Gasteiger partial charge in [0, 0.05) is 36.2 Å². The molecule has 28 heavy (non-hydrogen) atoms. The van der Waals surface area contributed by atoms with Gasteiger partial charge < -0.3 is 20.7 Å². The highest BCUT2D eigenvalue weighted by molar-refractivity contribution is 6.04. The SMILES string of the molecule is COc1cccc(Nc2cncc(C(=O)Nc3ccc(NC(C)=O)cc3)c2)c1. The predicted molar refractivity (Wildman–Crippen MR) is 109 cm³/mol. The average molecular weight is 376 g/mol. The van der Waals surface area contributed by atoms with E-state index in [9.17, 15) is 9.59 Å². The molecule has 0 unspecified atom stereocenters. The molecule has 7 nitrogen and oxygen atoms in total. The van der Waals surface area contributed by atoms with Gasteiger partial charge in [-0.05, 0) is 42.5 Å². The molecule has 3 rings (SSSR count). The molecule has 1 heterocycles. The summed E-state index contributed by atoms with van der Waals surface area (Å²) < 4.78 is 5.21. The number of benzene rings is 2. The Bertz CT molecular complexity index is 987. The molecule has 7 heteroatoms. The van der Waals surface area contributed by atoms with E-state index in [1.54, 1.807) is 43.6 Å². The van der Waals surface area contributed by atoms with Crippen LogP contribution in [-0.4, -0.2) is 23.9 Å². The van der Waals surface area contributed by atoms with E-state index in [1.807, 2.05) is 24.3 Å². The molecule has 0 aliphatic rings. The van der Waals surface area contributed by atoms with Gasteiger partial charge >= 0.3 is 0 Å². The topological polar surface area (TPSA) is 92.3 Å². The van der Waals surface area contributed by atoms with E-state index in [-0.39, 0.29) is 11.8 Å². The fraction of sp³-hybridized carbons (Fsp3) is 0.0952. The van der Waals surface area contributed by atoms with Crippen LogP contribution in [0.25, 0.3) is 0 Å². The first-order chi connectivity index (χ1) is 13.5. The van der Waals surface area contributed by atoms with Crippen molar-refractivity contribution in [3.05, 3.63) is 72.6 Å². The van der Waals surface area contributed by atoms with Crippen LogP contribution in [0.4, 0.5) is 22.7 Å². The van der Waals surface area contributed by atoms with Crippen molar-refractivity contribution in [2.24, 2.45) is 0 Å². The van der Waals surface area contributed by atoms with Crippen molar-refractivity contribution in [2.45, 2.75) is 6.92 Å². The lowest BCUT2D eigenvalue weighted by molar-refractivity contribution is -0.114. The van der Waals surface area contributed by atoms with Crippen molar-refractivity contribution < 1.29 is 14.3 Å². The number of carbonyl (C=O) groups excluding carboxylic acids is 2.